The Kier molecular flexibility index (Phi) is 30.2. The number of carboxylic acids is 2. The number of aromatic nitrogens is 3. The molecule has 5 aromatic carbocycles. The van der Waals surface area contributed by atoms with E-state index in [0.717, 1.165) is 0 Å². The van der Waals surface area contributed by atoms with E-state index in [4.69, 9.17) is 47.0 Å². The van der Waals surface area contributed by atoms with Gasteiger partial charge in [-0.2, -0.15) is 15.0 Å². The number of anilines is 8. The number of benzene rings is 6. The van der Waals surface area contributed by atoms with Gasteiger partial charge in [-0.3, -0.25) is 67.1 Å². The van der Waals surface area contributed by atoms with Crippen LogP contribution in [0.4, 0.5) is 46.3 Å². The number of carboxylic acid groups (broad SMARTS) is 2. The lowest BCUT2D eigenvalue weighted by molar-refractivity contribution is -0.137. The zero-order valence-corrected chi connectivity index (χ0v) is 68.7. The van der Waals surface area contributed by atoms with Gasteiger partial charge in [-0.1, -0.05) is 12.1 Å². The maximum absolute atomic E-state index is 14.3. The van der Waals surface area contributed by atoms with Crippen molar-refractivity contribution in [1.29, 1.82) is 0 Å². The molecule has 2 fully saturated rings. The molecule has 6 aromatic rings. The highest BCUT2D eigenvalue weighted by Crippen LogP contribution is 2.43. The Morgan fingerprint density at radius 3 is 1.72 bits per heavy atom. The first-order valence-corrected chi connectivity index (χ1v) is 41.2. The Hall–Kier alpha value is -14.9. The number of nitrogens with two attached hydrogens (primary N) is 4. The molecule has 24 N–H and O–H groups in total. The van der Waals surface area contributed by atoms with Crippen molar-refractivity contribution in [1.82, 2.24) is 52.2 Å². The smallest absolute Gasteiger partial charge is 0.336 e. The van der Waals surface area contributed by atoms with Gasteiger partial charge in [0.1, 0.15) is 53.1 Å². The fourth-order valence-electron chi connectivity index (χ4n) is 15.1. The van der Waals surface area contributed by atoms with Gasteiger partial charge in [0.05, 0.1) is 43.0 Å². The molecule has 127 heavy (non-hydrogen) atoms. The number of nitrogens with zero attached hydrogens (tertiary/aromatic N) is 5. The van der Waals surface area contributed by atoms with Crippen molar-refractivity contribution < 1.29 is 96.7 Å². The zero-order valence-electron chi connectivity index (χ0n) is 68.7. The quantitative estimate of drug-likeness (QED) is 0.0244. The third-order valence-electron chi connectivity index (χ3n) is 21.9. The van der Waals surface area contributed by atoms with E-state index in [-0.39, 0.29) is 200 Å². The Balaban J connectivity index is 0.730. The van der Waals surface area contributed by atoms with Crippen LogP contribution in [0.2, 0.25) is 0 Å². The Labute approximate surface area is 723 Å². The number of carbonyl (C=O) groups is 14. The fourth-order valence-corrected chi connectivity index (χ4v) is 15.1. The van der Waals surface area contributed by atoms with Gasteiger partial charge in [0, 0.05) is 120 Å². The number of fused-ring (bicyclic) bond motifs is 5. The number of rotatable bonds is 28. The Bertz CT molecular complexity index is 5600. The number of phenolic OH excluding ortho intramolecular Hbond substituents is 1. The average Bonchev–Trinajstić information content (AvgIpc) is 0.745. The maximum atomic E-state index is 14.3. The molecule has 42 nitrogen and oxygen atoms in total. The van der Waals surface area contributed by atoms with E-state index in [1.165, 1.54) is 91.0 Å². The van der Waals surface area contributed by atoms with Crippen molar-refractivity contribution in [2.75, 3.05) is 102 Å². The van der Waals surface area contributed by atoms with Gasteiger partial charge in [0.2, 0.25) is 76.9 Å². The molecule has 2 saturated heterocycles. The minimum atomic E-state index is -1.51. The lowest BCUT2D eigenvalue weighted by Gasteiger charge is -2.34. The fraction of sp³-hybridized carbons (Fsp3) is 0.365. The van der Waals surface area contributed by atoms with Crippen molar-refractivity contribution in [2.45, 2.75) is 120 Å². The summed E-state index contributed by atoms with van der Waals surface area (Å²) in [5, 5.41) is 74.2. The lowest BCUT2D eigenvalue weighted by atomic mass is 9.90. The predicted molar refractivity (Wildman–Crippen MR) is 461 cm³/mol. The second kappa shape index (κ2) is 42.0. The average molecular weight is 1750 g/mol. The molecule has 0 spiro atoms. The summed E-state index contributed by atoms with van der Waals surface area (Å²) in [5.41, 5.74) is 24.2. The van der Waals surface area contributed by atoms with Gasteiger partial charge in [0.25, 0.3) is 11.8 Å². The lowest BCUT2D eigenvalue weighted by Crippen LogP contribution is -2.56. The molecule has 0 unspecified atom stereocenters. The summed E-state index contributed by atoms with van der Waals surface area (Å²) in [5.74, 6) is -12.8. The molecule has 0 radical (unpaired) electrons. The van der Waals surface area contributed by atoms with Crippen molar-refractivity contribution in [3.63, 3.8) is 0 Å². The summed E-state index contributed by atoms with van der Waals surface area (Å²) in [6, 6.07) is 18.8. The number of piperidine rings is 2. The first-order valence-electron chi connectivity index (χ1n) is 41.2. The number of hydrogen-bond acceptors (Lipinski definition) is 28. The van der Waals surface area contributed by atoms with Gasteiger partial charge < -0.3 is 126 Å². The van der Waals surface area contributed by atoms with Crippen LogP contribution in [0.1, 0.15) is 130 Å². The van der Waals surface area contributed by atoms with Crippen LogP contribution in [0.3, 0.4) is 0 Å². The minimum absolute atomic E-state index is 0.0280. The maximum Gasteiger partial charge on any atom is 0.336 e. The second-order valence-corrected chi connectivity index (χ2v) is 30.8. The van der Waals surface area contributed by atoms with Crippen LogP contribution in [-0.4, -0.2) is 214 Å². The highest BCUT2D eigenvalue weighted by Gasteiger charge is 2.36. The number of ether oxygens (including phenoxy) is 1. The number of primary amides is 2. The highest BCUT2D eigenvalue weighted by atomic mass is 16.5. The van der Waals surface area contributed by atoms with Crippen LogP contribution in [0.25, 0.3) is 33.4 Å². The van der Waals surface area contributed by atoms with E-state index in [2.05, 4.69) is 63.8 Å². The number of aliphatic hydroxyl groups excluding tert-OH is 1. The van der Waals surface area contributed by atoms with Crippen molar-refractivity contribution in [3.8, 4) is 33.9 Å². The Morgan fingerprint density at radius 2 is 1.12 bits per heavy atom. The van der Waals surface area contributed by atoms with Crippen LogP contribution in [0.15, 0.2) is 118 Å². The number of carbonyl (C=O) groups excluding carboxylic acids is 12. The summed E-state index contributed by atoms with van der Waals surface area (Å²) >= 11 is 0. The molecule has 42 heteroatoms. The summed E-state index contributed by atoms with van der Waals surface area (Å²) in [6.07, 6.45) is 1.60. The molecule has 5 atom stereocenters. The van der Waals surface area contributed by atoms with Crippen LogP contribution >= 0.6 is 0 Å². The summed E-state index contributed by atoms with van der Waals surface area (Å²) in [7, 11) is 0. The van der Waals surface area contributed by atoms with Crippen molar-refractivity contribution in [3.05, 3.63) is 147 Å². The summed E-state index contributed by atoms with van der Waals surface area (Å²) in [4.78, 5) is 219. The molecule has 0 bridgehead atoms. The number of phenols is 1. The van der Waals surface area contributed by atoms with Crippen molar-refractivity contribution in [2.24, 2.45) is 34.8 Å². The number of aliphatic carboxylic acids is 1. The zero-order chi connectivity index (χ0) is 90.7. The molecular formula is C85H97N21O21. The van der Waals surface area contributed by atoms with E-state index in [9.17, 15) is 92.3 Å². The molecule has 12 amide bonds. The van der Waals surface area contributed by atoms with Crippen LogP contribution in [0.5, 0.6) is 11.5 Å². The van der Waals surface area contributed by atoms with Gasteiger partial charge in [0.15, 0.2) is 5.43 Å². The summed E-state index contributed by atoms with van der Waals surface area (Å²) < 4.78 is 12.0. The minimum Gasteiger partial charge on any atom is -0.508 e. The standard InChI is InChI=1S/C85H97N21O21/c86-26-3-1-5-60-79(121)101-64(42-107)81(123)100-63-33-45(72(88)114)7-8-46(63)39-90-58-17-10-47(35-56(58)76(118)97-60)93-68(110)40-91-74(116)43-21-28-105(29-22-43)84-102-83(95-49-9-14-52(55(34-49)82(124)125)71-53-15-12-50(108)37-66(53)127-67-38-51(109)13-16-54(67)71)103-85(104-84)106-30-23-44(24-31-106)75(117)92-41-69(111)94-48-11-19-65-57(36-48)77(119)98-62(18-20-70(112)113)80(122)99-61(6-2-4-27-87)78(120)96-59(73(89)115)25-32-126-65/h7-17,19,33-38,43-44,59-62,64,90,107-108H,1-6,18,20-32,39-42,86-87H2,(H2,88,114)(H2,89,115)(H,91,116)(H,92,117)(H,93,110)(H,94,111)(H,96,120)(H,97,118)(H,98,119)(H,99,122)(H,100,123)(H,101,121)(H,112,113)(H,124,125)(H,95,102,103,104)/t59-,60-,61-,62-,64-/m0/s1. The number of aliphatic hydroxyl groups is 1. The third kappa shape index (κ3) is 23.5. The van der Waals surface area contributed by atoms with Crippen LogP contribution < -0.4 is 107 Å². The molecule has 668 valence electrons. The molecule has 1 aliphatic carbocycles. The topological polar surface area (TPSA) is 653 Å². The third-order valence-corrected chi connectivity index (χ3v) is 21.9. The van der Waals surface area contributed by atoms with Gasteiger partial charge in [-0.05, 0) is 180 Å². The van der Waals surface area contributed by atoms with Gasteiger partial charge in [-0.25, -0.2) is 4.79 Å². The first-order chi connectivity index (χ1) is 61.0. The Morgan fingerprint density at radius 1 is 0.543 bits per heavy atom. The summed E-state index contributed by atoms with van der Waals surface area (Å²) in [6.45, 7) is -0.882. The predicted octanol–water partition coefficient (Wildman–Crippen LogP) is 1.54. The monoisotopic (exact) mass is 1750 g/mol. The van der Waals surface area contributed by atoms with E-state index >= 15 is 0 Å². The molecular weight excluding hydrogens is 1650 g/mol. The number of unbranched alkanes of at least 4 members (excludes halogenated alkanes) is 2. The number of nitrogens with one attached hydrogen (secondary N) is 12. The second-order valence-electron chi connectivity index (χ2n) is 30.8. The molecule has 6 heterocycles. The van der Waals surface area contributed by atoms with Crippen molar-refractivity contribution >= 4 is 140 Å². The largest absolute Gasteiger partial charge is 0.508 e. The normalized spacial score (nSPS) is 18.0. The first kappa shape index (κ1) is 91.3. The molecule has 6 aliphatic rings. The number of aromatic hydroxyl groups is 1. The molecule has 5 aliphatic heterocycles. The number of hydrogen-bond donors (Lipinski definition) is 20. The molecule has 1 aromatic heterocycles. The van der Waals surface area contributed by atoms with Gasteiger partial charge >= 0.3 is 11.9 Å². The van der Waals surface area contributed by atoms with Crippen LogP contribution in [-0.2, 0) is 54.5 Å². The number of amides is 12. The van der Waals surface area contributed by atoms with E-state index < -0.39 is 157 Å². The SMILES string of the molecule is NCCCC[C@@H]1NC(=O)c2cc(NC(=O)CNC(=O)C3CCN(c4nc(Nc5ccc(-c6c7ccc(=O)cc-7oc7cc(O)ccc67)c(C(=O)O)c5)nc(N5CCC(C(=O)NCC(=O)Nc6ccc7c(c6)C(=O)N[C@@H](CCC(=O)O)C(=O)N[C@@H](CCCCN)C(=O)N[C@H](C(N)=O)CCO7)CC5)n4)CC3)ccc2NCc2ccc(C(N)=O)cc2NC(=O)[C@H](CO)NC1=O. The molecule has 0 saturated carbocycles. The van der Waals surface area contributed by atoms with E-state index in [1.807, 2.05) is 9.80 Å². The highest BCUT2D eigenvalue weighted by molar-refractivity contribution is 6.10. The van der Waals surface area contributed by atoms with Crippen LogP contribution in [0, 0.1) is 11.8 Å². The van der Waals surface area contributed by atoms with E-state index in [0.29, 0.717) is 47.8 Å². The molecule has 12 rings (SSSR count). The van der Waals surface area contributed by atoms with Gasteiger partial charge in [-0.15, -0.1) is 0 Å². The van der Waals surface area contributed by atoms with E-state index in [1.54, 1.807) is 18.2 Å². The number of aromatic carboxylic acids is 1.